The molecule has 0 aliphatic rings. The topological polar surface area (TPSA) is 53.2 Å². The molecule has 3 rings (SSSR count). The first-order valence-corrected chi connectivity index (χ1v) is 9.69. The van der Waals surface area contributed by atoms with Gasteiger partial charge >= 0.3 is 0 Å². The van der Waals surface area contributed by atoms with Crippen LogP contribution in [0.15, 0.2) is 38.2 Å². The molecule has 0 saturated heterocycles. The predicted molar refractivity (Wildman–Crippen MR) is 88.2 cm³/mol. The number of hydrogen-bond acceptors (Lipinski definition) is 5. The molecule has 3 aromatic rings. The Bertz CT molecular complexity index is 842. The summed E-state index contributed by atoms with van der Waals surface area (Å²) in [5.41, 5.74) is 1.17. The van der Waals surface area contributed by atoms with Crippen LogP contribution in [0.4, 0.5) is 0 Å². The Hall–Kier alpha value is -1.15. The van der Waals surface area contributed by atoms with Crippen molar-refractivity contribution in [2.24, 2.45) is 0 Å². The normalized spacial score (nSPS) is 12.5. The number of H-pyrrole nitrogens is 1. The Morgan fingerprint density at radius 1 is 1.29 bits per heavy atom. The molecule has 0 saturated carbocycles. The van der Waals surface area contributed by atoms with Crippen LogP contribution < -0.4 is 0 Å². The number of sulfone groups is 1. The van der Waals surface area contributed by atoms with Gasteiger partial charge in [-0.15, -0.1) is 22.7 Å². The predicted octanol–water partition coefficient (Wildman–Crippen LogP) is 3.23. The second kappa shape index (κ2) is 5.57. The molecule has 0 radical (unpaired) electrons. The standard InChI is InChI=1S/C14H16N2O2S3/c1-16(2)6-5-10-9-15-14-11(10)8-13(20-14)21(17,18)12-4-3-7-19-12/h3-4,7-9,15H,5-6H2,1-2H3. The Balaban J connectivity index is 1.99. The summed E-state index contributed by atoms with van der Waals surface area (Å²) in [5.74, 6) is 0. The van der Waals surface area contributed by atoms with Crippen molar-refractivity contribution in [1.29, 1.82) is 0 Å². The SMILES string of the molecule is CN(C)CCc1c[nH]c2sc(S(=O)(=O)c3cccs3)cc12. The first-order chi connectivity index (χ1) is 9.98. The van der Waals surface area contributed by atoms with Crippen LogP contribution in [0.1, 0.15) is 5.56 Å². The average molecular weight is 340 g/mol. The molecule has 0 fully saturated rings. The van der Waals surface area contributed by atoms with E-state index in [2.05, 4.69) is 9.88 Å². The van der Waals surface area contributed by atoms with Crippen molar-refractivity contribution < 1.29 is 8.42 Å². The van der Waals surface area contributed by atoms with Crippen molar-refractivity contribution in [3.63, 3.8) is 0 Å². The quantitative estimate of drug-likeness (QED) is 0.776. The van der Waals surface area contributed by atoms with Crippen LogP contribution in [0.25, 0.3) is 10.2 Å². The molecule has 112 valence electrons. The van der Waals surface area contributed by atoms with Gasteiger partial charge < -0.3 is 9.88 Å². The summed E-state index contributed by atoms with van der Waals surface area (Å²) in [6.07, 6.45) is 2.88. The highest BCUT2D eigenvalue weighted by atomic mass is 32.3. The van der Waals surface area contributed by atoms with Crippen LogP contribution in [0.5, 0.6) is 0 Å². The number of nitrogens with one attached hydrogen (secondary N) is 1. The number of fused-ring (bicyclic) bond motifs is 1. The summed E-state index contributed by atoms with van der Waals surface area (Å²) in [4.78, 5) is 6.24. The third-order valence-electron chi connectivity index (χ3n) is 3.29. The highest BCUT2D eigenvalue weighted by Crippen LogP contribution is 2.35. The van der Waals surface area contributed by atoms with Gasteiger partial charge in [-0.25, -0.2) is 8.42 Å². The smallest absolute Gasteiger partial charge is 0.225 e. The van der Waals surface area contributed by atoms with Gasteiger partial charge in [0.15, 0.2) is 0 Å². The van der Waals surface area contributed by atoms with Gasteiger partial charge in [-0.3, -0.25) is 0 Å². The summed E-state index contributed by atoms with van der Waals surface area (Å²) in [6, 6.07) is 5.22. The minimum atomic E-state index is -3.37. The Morgan fingerprint density at radius 3 is 2.76 bits per heavy atom. The van der Waals surface area contributed by atoms with Gasteiger partial charge in [-0.1, -0.05) is 6.07 Å². The molecule has 1 N–H and O–H groups in total. The zero-order valence-corrected chi connectivity index (χ0v) is 14.2. The fourth-order valence-corrected chi connectivity index (χ4v) is 6.18. The molecule has 0 atom stereocenters. The zero-order valence-electron chi connectivity index (χ0n) is 11.8. The molecule has 0 aliphatic carbocycles. The summed E-state index contributed by atoms with van der Waals surface area (Å²) in [6.45, 7) is 0.940. The third kappa shape index (κ3) is 2.78. The van der Waals surface area contributed by atoms with E-state index in [-0.39, 0.29) is 0 Å². The number of rotatable bonds is 5. The first kappa shape index (κ1) is 14.8. The van der Waals surface area contributed by atoms with Crippen LogP contribution in [0, 0.1) is 0 Å². The summed E-state index contributed by atoms with van der Waals surface area (Å²) in [5, 5.41) is 2.81. The molecule has 3 heterocycles. The van der Waals surface area contributed by atoms with E-state index in [1.807, 2.05) is 20.3 Å². The van der Waals surface area contributed by atoms with Crippen LogP contribution in [-0.4, -0.2) is 38.9 Å². The molecule has 0 amide bonds. The van der Waals surface area contributed by atoms with E-state index < -0.39 is 9.84 Å². The minimum absolute atomic E-state index is 0.404. The summed E-state index contributed by atoms with van der Waals surface area (Å²) in [7, 11) is 0.695. The van der Waals surface area contributed by atoms with Gasteiger partial charge in [0.25, 0.3) is 0 Å². The Morgan fingerprint density at radius 2 is 2.10 bits per heavy atom. The van der Waals surface area contributed by atoms with E-state index >= 15 is 0 Å². The molecule has 0 bridgehead atoms. The van der Waals surface area contributed by atoms with E-state index in [9.17, 15) is 8.42 Å². The number of thiophene rings is 2. The van der Waals surface area contributed by atoms with Crippen molar-refractivity contribution in [3.05, 3.63) is 35.3 Å². The maximum atomic E-state index is 12.5. The number of aromatic nitrogens is 1. The molecular weight excluding hydrogens is 324 g/mol. The molecular formula is C14H16N2O2S3. The Labute approximate surface area is 132 Å². The molecule has 0 unspecified atom stereocenters. The lowest BCUT2D eigenvalue weighted by molar-refractivity contribution is 0.414. The van der Waals surface area contributed by atoms with E-state index in [1.54, 1.807) is 23.6 Å². The van der Waals surface area contributed by atoms with E-state index in [4.69, 9.17) is 0 Å². The number of likely N-dealkylation sites (N-methyl/N-ethyl adjacent to an activating group) is 1. The number of hydrogen-bond donors (Lipinski definition) is 1. The summed E-state index contributed by atoms with van der Waals surface area (Å²) >= 11 is 2.56. The largest absolute Gasteiger partial charge is 0.353 e. The molecule has 3 aromatic heterocycles. The first-order valence-electron chi connectivity index (χ1n) is 6.51. The fourth-order valence-electron chi connectivity index (χ4n) is 2.14. The van der Waals surface area contributed by atoms with Crippen molar-refractivity contribution in [2.75, 3.05) is 20.6 Å². The lowest BCUT2D eigenvalue weighted by Crippen LogP contribution is -2.14. The van der Waals surface area contributed by atoms with Gasteiger partial charge in [0.2, 0.25) is 9.84 Å². The monoisotopic (exact) mass is 340 g/mol. The lowest BCUT2D eigenvalue weighted by Gasteiger charge is -2.07. The van der Waals surface area contributed by atoms with Gasteiger partial charge in [-0.2, -0.15) is 0 Å². The van der Waals surface area contributed by atoms with Crippen LogP contribution >= 0.6 is 22.7 Å². The van der Waals surface area contributed by atoms with E-state index in [0.717, 1.165) is 23.2 Å². The number of nitrogens with zero attached hydrogens (tertiary/aromatic N) is 1. The van der Waals surface area contributed by atoms with Crippen LogP contribution in [0.3, 0.4) is 0 Å². The highest BCUT2D eigenvalue weighted by molar-refractivity contribution is 7.95. The van der Waals surface area contributed by atoms with E-state index in [0.29, 0.717) is 8.42 Å². The zero-order chi connectivity index (χ0) is 15.0. The third-order valence-corrected chi connectivity index (χ3v) is 7.98. The molecule has 21 heavy (non-hydrogen) atoms. The second-order valence-corrected chi connectivity index (χ2v) is 9.51. The Kier molecular flexibility index (Phi) is 3.92. The highest BCUT2D eigenvalue weighted by Gasteiger charge is 2.22. The fraction of sp³-hybridized carbons (Fsp3) is 0.286. The molecule has 0 aromatic carbocycles. The van der Waals surface area contributed by atoms with Gasteiger partial charge in [0.05, 0.1) is 0 Å². The van der Waals surface area contributed by atoms with Gasteiger partial charge in [0.1, 0.15) is 13.2 Å². The average Bonchev–Trinajstić information content (AvgIpc) is 3.13. The number of aromatic amines is 1. The minimum Gasteiger partial charge on any atom is -0.353 e. The van der Waals surface area contributed by atoms with Crippen molar-refractivity contribution in [3.8, 4) is 0 Å². The lowest BCUT2D eigenvalue weighted by atomic mass is 10.2. The molecule has 7 heteroatoms. The molecule has 4 nitrogen and oxygen atoms in total. The van der Waals surface area contributed by atoms with Gasteiger partial charge in [-0.05, 0) is 43.6 Å². The van der Waals surface area contributed by atoms with Crippen LogP contribution in [0.2, 0.25) is 0 Å². The molecule has 0 aliphatic heterocycles. The van der Waals surface area contributed by atoms with Crippen molar-refractivity contribution >= 4 is 42.7 Å². The maximum absolute atomic E-state index is 12.5. The molecule has 0 spiro atoms. The van der Waals surface area contributed by atoms with Crippen molar-refractivity contribution in [1.82, 2.24) is 9.88 Å². The maximum Gasteiger partial charge on any atom is 0.225 e. The van der Waals surface area contributed by atoms with Gasteiger partial charge in [0, 0.05) is 18.1 Å². The van der Waals surface area contributed by atoms with E-state index in [1.165, 1.54) is 28.2 Å². The van der Waals surface area contributed by atoms with Crippen LogP contribution in [-0.2, 0) is 16.3 Å². The second-order valence-electron chi connectivity index (χ2n) is 5.11. The van der Waals surface area contributed by atoms with Crippen molar-refractivity contribution in [2.45, 2.75) is 14.8 Å². The summed E-state index contributed by atoms with van der Waals surface area (Å²) < 4.78 is 25.9.